The van der Waals surface area contributed by atoms with Gasteiger partial charge in [0, 0.05) is 25.6 Å². The van der Waals surface area contributed by atoms with Gasteiger partial charge in [0.25, 0.3) is 0 Å². The zero-order valence-corrected chi connectivity index (χ0v) is 12.6. The molecule has 0 bridgehead atoms. The quantitative estimate of drug-likeness (QED) is 0.774. The Kier molecular flexibility index (Phi) is 5.03. The lowest BCUT2D eigenvalue weighted by atomic mass is 9.83. The van der Waals surface area contributed by atoms with Crippen LogP contribution in [-0.2, 0) is 4.79 Å². The molecule has 0 radical (unpaired) electrons. The molecule has 1 fully saturated rings. The molecule has 2 aliphatic rings. The number of likely N-dealkylation sites (tertiary alicyclic amines) is 1. The number of hydrogen-bond acceptors (Lipinski definition) is 2. The Bertz CT molecular complexity index is 351. The van der Waals surface area contributed by atoms with Crippen LogP contribution >= 0.6 is 0 Å². The fourth-order valence-electron chi connectivity index (χ4n) is 3.50. The summed E-state index contributed by atoms with van der Waals surface area (Å²) in [4.78, 5) is 13.6. The minimum atomic E-state index is 0.332. The molecular weight excluding hydrogens is 236 g/mol. The van der Waals surface area contributed by atoms with E-state index in [4.69, 9.17) is 0 Å². The molecule has 1 amide bonds. The number of allylic oxidation sites excluding steroid dienone is 2. The highest BCUT2D eigenvalue weighted by molar-refractivity contribution is 5.78. The van der Waals surface area contributed by atoms with Crippen molar-refractivity contribution in [2.24, 2.45) is 11.8 Å². The molecule has 1 N–H and O–H groups in total. The second kappa shape index (κ2) is 6.56. The maximum absolute atomic E-state index is 11.6. The minimum absolute atomic E-state index is 0.332. The van der Waals surface area contributed by atoms with Crippen molar-refractivity contribution < 1.29 is 4.79 Å². The Morgan fingerprint density at radius 2 is 2.32 bits per heavy atom. The van der Waals surface area contributed by atoms with Crippen molar-refractivity contribution in [3.8, 4) is 0 Å². The standard InChI is InChI=1S/C16H28N2O/c1-12-7-13(2)9-15(8-12)10-17-14(3)11-18-6-4-5-16(18)19/h7,12,14-15,17H,4-6,8-11H2,1-3H3. The van der Waals surface area contributed by atoms with Crippen LogP contribution in [0.4, 0.5) is 0 Å². The predicted molar refractivity (Wildman–Crippen MR) is 78.9 cm³/mol. The molecule has 0 saturated carbocycles. The van der Waals surface area contributed by atoms with Crippen molar-refractivity contribution in [1.82, 2.24) is 10.2 Å². The van der Waals surface area contributed by atoms with Crippen LogP contribution in [-0.4, -0.2) is 36.5 Å². The van der Waals surface area contributed by atoms with Crippen molar-refractivity contribution in [3.05, 3.63) is 11.6 Å². The lowest BCUT2D eigenvalue weighted by Gasteiger charge is -2.28. The maximum atomic E-state index is 11.6. The van der Waals surface area contributed by atoms with E-state index in [1.54, 1.807) is 0 Å². The van der Waals surface area contributed by atoms with Crippen molar-refractivity contribution in [1.29, 1.82) is 0 Å². The molecule has 1 aliphatic heterocycles. The summed E-state index contributed by atoms with van der Waals surface area (Å²) in [5, 5.41) is 3.62. The van der Waals surface area contributed by atoms with Gasteiger partial charge in [0.05, 0.1) is 0 Å². The molecule has 3 unspecified atom stereocenters. The Morgan fingerprint density at radius 3 is 2.95 bits per heavy atom. The fraction of sp³-hybridized carbons (Fsp3) is 0.812. The molecule has 0 aromatic rings. The Morgan fingerprint density at radius 1 is 1.53 bits per heavy atom. The normalized spacial score (nSPS) is 29.5. The van der Waals surface area contributed by atoms with Crippen LogP contribution in [0, 0.1) is 11.8 Å². The molecule has 0 aromatic carbocycles. The highest BCUT2D eigenvalue weighted by Crippen LogP contribution is 2.27. The molecule has 0 spiro atoms. The van der Waals surface area contributed by atoms with E-state index in [1.165, 1.54) is 18.4 Å². The van der Waals surface area contributed by atoms with Gasteiger partial charge in [-0.2, -0.15) is 0 Å². The maximum Gasteiger partial charge on any atom is 0.222 e. The molecule has 2 rings (SSSR count). The van der Waals surface area contributed by atoms with E-state index in [0.29, 0.717) is 11.9 Å². The van der Waals surface area contributed by atoms with Gasteiger partial charge in [-0.3, -0.25) is 4.79 Å². The summed E-state index contributed by atoms with van der Waals surface area (Å²) < 4.78 is 0. The number of hydrogen-bond donors (Lipinski definition) is 1. The predicted octanol–water partition coefficient (Wildman–Crippen LogP) is 2.58. The summed E-state index contributed by atoms with van der Waals surface area (Å²) in [7, 11) is 0. The van der Waals surface area contributed by atoms with Gasteiger partial charge in [0.1, 0.15) is 0 Å². The second-order valence-electron chi connectivity index (χ2n) is 6.55. The Balaban J connectivity index is 1.70. The van der Waals surface area contributed by atoms with Gasteiger partial charge in [0.2, 0.25) is 5.91 Å². The largest absolute Gasteiger partial charge is 0.341 e. The number of nitrogens with zero attached hydrogens (tertiary/aromatic N) is 1. The lowest BCUT2D eigenvalue weighted by Crippen LogP contribution is -2.41. The van der Waals surface area contributed by atoms with E-state index in [9.17, 15) is 4.79 Å². The highest BCUT2D eigenvalue weighted by Gasteiger charge is 2.23. The fourth-order valence-corrected chi connectivity index (χ4v) is 3.50. The van der Waals surface area contributed by atoms with E-state index in [1.807, 2.05) is 4.90 Å². The molecule has 1 heterocycles. The summed E-state index contributed by atoms with van der Waals surface area (Å²) in [5.74, 6) is 1.81. The molecule has 0 aromatic heterocycles. The third kappa shape index (κ3) is 4.34. The summed E-state index contributed by atoms with van der Waals surface area (Å²) >= 11 is 0. The van der Waals surface area contributed by atoms with Gasteiger partial charge < -0.3 is 10.2 Å². The van der Waals surface area contributed by atoms with Gasteiger partial charge >= 0.3 is 0 Å². The van der Waals surface area contributed by atoms with Crippen LogP contribution in [0.5, 0.6) is 0 Å². The van der Waals surface area contributed by atoms with Crippen LogP contribution in [0.2, 0.25) is 0 Å². The number of carbonyl (C=O) groups excluding carboxylic acids is 1. The Labute approximate surface area is 117 Å². The summed E-state index contributed by atoms with van der Waals surface area (Å²) in [6, 6.07) is 0.406. The highest BCUT2D eigenvalue weighted by atomic mass is 16.2. The third-order valence-electron chi connectivity index (χ3n) is 4.31. The summed E-state index contributed by atoms with van der Waals surface area (Å²) in [6.07, 6.45) is 6.71. The summed E-state index contributed by atoms with van der Waals surface area (Å²) in [5.41, 5.74) is 1.54. The second-order valence-corrected chi connectivity index (χ2v) is 6.55. The zero-order valence-electron chi connectivity index (χ0n) is 12.6. The van der Waals surface area contributed by atoms with Crippen LogP contribution in [0.3, 0.4) is 0 Å². The SMILES string of the molecule is CC1=CC(C)CC(CNC(C)CN2CCCC2=O)C1. The van der Waals surface area contributed by atoms with Crippen molar-refractivity contribution in [3.63, 3.8) is 0 Å². The molecule has 108 valence electrons. The van der Waals surface area contributed by atoms with Gasteiger partial charge in [-0.25, -0.2) is 0 Å². The smallest absolute Gasteiger partial charge is 0.222 e. The first-order valence-electron chi connectivity index (χ1n) is 7.73. The third-order valence-corrected chi connectivity index (χ3v) is 4.31. The van der Waals surface area contributed by atoms with Crippen LogP contribution in [0.1, 0.15) is 46.5 Å². The molecule has 1 saturated heterocycles. The van der Waals surface area contributed by atoms with Gasteiger partial charge in [0.15, 0.2) is 0 Å². The van der Waals surface area contributed by atoms with Crippen LogP contribution in [0.15, 0.2) is 11.6 Å². The lowest BCUT2D eigenvalue weighted by molar-refractivity contribution is -0.127. The summed E-state index contributed by atoms with van der Waals surface area (Å²) in [6.45, 7) is 9.65. The van der Waals surface area contributed by atoms with Crippen LogP contribution in [0.25, 0.3) is 0 Å². The van der Waals surface area contributed by atoms with Gasteiger partial charge in [-0.05, 0) is 51.5 Å². The number of rotatable bonds is 5. The number of carbonyl (C=O) groups is 1. The average molecular weight is 264 g/mol. The van der Waals surface area contributed by atoms with E-state index in [0.717, 1.165) is 44.3 Å². The number of nitrogens with one attached hydrogen (secondary N) is 1. The molecule has 3 nitrogen and oxygen atoms in total. The molecule has 3 atom stereocenters. The Hall–Kier alpha value is -0.830. The average Bonchev–Trinajstić information content (AvgIpc) is 2.71. The molecule has 1 aliphatic carbocycles. The number of amides is 1. The van der Waals surface area contributed by atoms with Crippen molar-refractivity contribution in [2.45, 2.75) is 52.5 Å². The van der Waals surface area contributed by atoms with E-state index < -0.39 is 0 Å². The molecule has 19 heavy (non-hydrogen) atoms. The van der Waals surface area contributed by atoms with Gasteiger partial charge in [-0.15, -0.1) is 0 Å². The van der Waals surface area contributed by atoms with E-state index >= 15 is 0 Å². The van der Waals surface area contributed by atoms with E-state index in [-0.39, 0.29) is 0 Å². The minimum Gasteiger partial charge on any atom is -0.341 e. The van der Waals surface area contributed by atoms with Crippen molar-refractivity contribution >= 4 is 5.91 Å². The molecular formula is C16H28N2O. The van der Waals surface area contributed by atoms with E-state index in [2.05, 4.69) is 32.2 Å². The topological polar surface area (TPSA) is 32.3 Å². The van der Waals surface area contributed by atoms with Crippen LogP contribution < -0.4 is 5.32 Å². The first kappa shape index (κ1) is 14.6. The van der Waals surface area contributed by atoms with Crippen molar-refractivity contribution in [2.75, 3.05) is 19.6 Å². The van der Waals surface area contributed by atoms with Gasteiger partial charge in [-0.1, -0.05) is 18.6 Å². The zero-order chi connectivity index (χ0) is 13.8. The molecule has 3 heteroatoms. The monoisotopic (exact) mass is 264 g/mol. The first-order chi connectivity index (χ1) is 9.04. The first-order valence-corrected chi connectivity index (χ1v) is 7.73.